The number of fused-ring (bicyclic) bond motifs is 2. The minimum atomic E-state index is 0.799. The van der Waals surface area contributed by atoms with Gasteiger partial charge in [0.05, 0.1) is 23.4 Å². The van der Waals surface area contributed by atoms with Gasteiger partial charge in [0.15, 0.2) is 5.65 Å². The molecule has 0 unspecified atom stereocenters. The minimum Gasteiger partial charge on any atom is -0.353 e. The number of aromatic amines is 2. The van der Waals surface area contributed by atoms with E-state index in [1.165, 1.54) is 5.57 Å². The Kier molecular flexibility index (Phi) is 3.82. The van der Waals surface area contributed by atoms with Crippen LogP contribution in [-0.2, 0) is 0 Å². The number of pyridine rings is 1. The summed E-state index contributed by atoms with van der Waals surface area (Å²) in [6.07, 6.45) is 9.08. The lowest BCUT2D eigenvalue weighted by Crippen LogP contribution is -2.20. The first-order valence-corrected chi connectivity index (χ1v) is 10.1. The second kappa shape index (κ2) is 6.67. The van der Waals surface area contributed by atoms with Gasteiger partial charge in [-0.25, -0.2) is 9.97 Å². The number of benzene rings is 1. The van der Waals surface area contributed by atoms with Gasteiger partial charge in [-0.2, -0.15) is 5.10 Å². The van der Waals surface area contributed by atoms with Gasteiger partial charge < -0.3 is 14.9 Å². The number of H-pyrrole nitrogens is 2. The van der Waals surface area contributed by atoms with E-state index in [-0.39, 0.29) is 0 Å². The van der Waals surface area contributed by atoms with E-state index in [2.05, 4.69) is 71.4 Å². The van der Waals surface area contributed by atoms with Crippen LogP contribution in [0.15, 0.2) is 55.1 Å². The van der Waals surface area contributed by atoms with E-state index >= 15 is 0 Å². The summed E-state index contributed by atoms with van der Waals surface area (Å²) in [5, 5.41) is 13.2. The van der Waals surface area contributed by atoms with Crippen LogP contribution in [0.1, 0.15) is 17.7 Å². The zero-order chi connectivity index (χ0) is 20.1. The highest BCUT2D eigenvalue weighted by Crippen LogP contribution is 2.32. The molecule has 6 rings (SSSR count). The van der Waals surface area contributed by atoms with Gasteiger partial charge in [0, 0.05) is 35.2 Å². The third-order valence-corrected chi connectivity index (χ3v) is 5.74. The monoisotopic (exact) mass is 395 g/mol. The fourth-order valence-corrected chi connectivity index (χ4v) is 4.21. The van der Waals surface area contributed by atoms with Gasteiger partial charge in [0.1, 0.15) is 5.69 Å². The quantitative estimate of drug-likeness (QED) is 0.431. The topological polar surface area (TPSA) is 87.2 Å². The normalized spacial score (nSPS) is 14.5. The van der Waals surface area contributed by atoms with Crippen LogP contribution in [-0.4, -0.2) is 42.8 Å². The number of aryl methyl sites for hydroxylation is 1. The number of imidazole rings is 1. The third kappa shape index (κ3) is 2.74. The predicted molar refractivity (Wildman–Crippen MR) is 119 cm³/mol. The molecule has 5 heterocycles. The van der Waals surface area contributed by atoms with E-state index in [9.17, 15) is 0 Å². The van der Waals surface area contributed by atoms with Crippen molar-refractivity contribution in [3.05, 3.63) is 66.4 Å². The first kappa shape index (κ1) is 17.2. The molecule has 148 valence electrons. The Morgan fingerprint density at radius 1 is 1.10 bits per heavy atom. The molecule has 0 amide bonds. The van der Waals surface area contributed by atoms with E-state index in [1.54, 1.807) is 0 Å². The smallest absolute Gasteiger partial charge is 0.155 e. The summed E-state index contributed by atoms with van der Waals surface area (Å²) >= 11 is 0. The first-order chi connectivity index (χ1) is 14.8. The van der Waals surface area contributed by atoms with Crippen molar-refractivity contribution in [2.75, 3.05) is 13.1 Å². The molecule has 1 aliphatic heterocycles. The van der Waals surface area contributed by atoms with Crippen LogP contribution in [0.2, 0.25) is 0 Å². The van der Waals surface area contributed by atoms with Crippen LogP contribution >= 0.6 is 0 Å². The molecule has 0 atom stereocenters. The van der Waals surface area contributed by atoms with Crippen LogP contribution in [0.4, 0.5) is 0 Å². The molecule has 0 fully saturated rings. The second-order valence-corrected chi connectivity index (χ2v) is 7.72. The Morgan fingerprint density at radius 3 is 2.90 bits per heavy atom. The summed E-state index contributed by atoms with van der Waals surface area (Å²) in [6.45, 7) is 3.90. The van der Waals surface area contributed by atoms with Crippen molar-refractivity contribution < 1.29 is 0 Å². The second-order valence-electron chi connectivity index (χ2n) is 7.72. The van der Waals surface area contributed by atoms with Gasteiger partial charge in [-0.3, -0.25) is 5.10 Å². The lowest BCUT2D eigenvalue weighted by Gasteiger charge is -2.13. The lowest BCUT2D eigenvalue weighted by molar-refractivity contribution is 0.738. The summed E-state index contributed by atoms with van der Waals surface area (Å²) < 4.78 is 2.06. The molecule has 30 heavy (non-hydrogen) atoms. The van der Waals surface area contributed by atoms with Crippen molar-refractivity contribution in [1.29, 1.82) is 0 Å². The molecule has 0 radical (unpaired) electrons. The number of rotatable bonds is 3. The summed E-state index contributed by atoms with van der Waals surface area (Å²) in [5.41, 5.74) is 8.31. The fraction of sp³-hybridized carbons (Fsp3) is 0.174. The standard InChI is InChI=1S/C23H21N7/c1-14-12-30(13-26-14)21-4-2-3-19-17(21)10-20(27-19)22-18-9-16(11-25-23(18)29-28-22)15-5-7-24-8-6-15/h2-5,9-13,24,27H,6-8H2,1H3,(H,25,28,29). The molecule has 0 saturated heterocycles. The van der Waals surface area contributed by atoms with E-state index in [4.69, 9.17) is 0 Å². The molecular formula is C23H21N7. The van der Waals surface area contributed by atoms with Gasteiger partial charge in [-0.15, -0.1) is 0 Å². The number of aromatic nitrogens is 6. The SMILES string of the molecule is Cc1cn(-c2cccc3[nH]c(-c4n[nH]c5ncc(C6=CCNCC6)cc45)cc23)cn1. The largest absolute Gasteiger partial charge is 0.353 e. The van der Waals surface area contributed by atoms with E-state index in [1.807, 2.05) is 25.6 Å². The molecule has 7 nitrogen and oxygen atoms in total. The third-order valence-electron chi connectivity index (χ3n) is 5.74. The average Bonchev–Trinajstić information content (AvgIpc) is 3.51. The van der Waals surface area contributed by atoms with Crippen molar-refractivity contribution in [3.8, 4) is 17.1 Å². The highest BCUT2D eigenvalue weighted by molar-refractivity contribution is 5.97. The molecule has 4 aromatic heterocycles. The summed E-state index contributed by atoms with van der Waals surface area (Å²) in [4.78, 5) is 12.5. The van der Waals surface area contributed by atoms with Crippen LogP contribution in [0, 0.1) is 6.92 Å². The molecule has 3 N–H and O–H groups in total. The molecule has 1 aliphatic rings. The maximum Gasteiger partial charge on any atom is 0.155 e. The van der Waals surface area contributed by atoms with Gasteiger partial charge in [-0.1, -0.05) is 12.1 Å². The first-order valence-electron chi connectivity index (χ1n) is 10.1. The molecule has 7 heteroatoms. The highest BCUT2D eigenvalue weighted by Gasteiger charge is 2.16. The van der Waals surface area contributed by atoms with Gasteiger partial charge >= 0.3 is 0 Å². The van der Waals surface area contributed by atoms with Gasteiger partial charge in [-0.05, 0) is 55.3 Å². The van der Waals surface area contributed by atoms with Crippen LogP contribution in [0.3, 0.4) is 0 Å². The van der Waals surface area contributed by atoms with Crippen LogP contribution in [0.25, 0.3) is 44.6 Å². The number of nitrogens with one attached hydrogen (secondary N) is 3. The number of hydrogen-bond donors (Lipinski definition) is 3. The average molecular weight is 395 g/mol. The maximum atomic E-state index is 4.62. The van der Waals surface area contributed by atoms with Gasteiger partial charge in [0.25, 0.3) is 0 Å². The zero-order valence-corrected chi connectivity index (χ0v) is 16.6. The Hall–Kier alpha value is -3.71. The Morgan fingerprint density at radius 2 is 2.07 bits per heavy atom. The van der Waals surface area contributed by atoms with Gasteiger partial charge in [0.2, 0.25) is 0 Å². The molecule has 0 bridgehead atoms. The van der Waals surface area contributed by atoms with Crippen LogP contribution < -0.4 is 5.32 Å². The summed E-state index contributed by atoms with van der Waals surface area (Å²) in [6, 6.07) is 10.6. The van der Waals surface area contributed by atoms with Crippen molar-refractivity contribution in [1.82, 2.24) is 35.0 Å². The van der Waals surface area contributed by atoms with Crippen molar-refractivity contribution >= 4 is 27.5 Å². The molecule has 0 spiro atoms. The zero-order valence-electron chi connectivity index (χ0n) is 16.6. The Bertz CT molecular complexity index is 1420. The Balaban J connectivity index is 1.49. The lowest BCUT2D eigenvalue weighted by atomic mass is 10.0. The molecule has 0 aliphatic carbocycles. The molecule has 1 aromatic carbocycles. The minimum absolute atomic E-state index is 0.799. The number of hydrogen-bond acceptors (Lipinski definition) is 4. The summed E-state index contributed by atoms with van der Waals surface area (Å²) in [5.74, 6) is 0. The van der Waals surface area contributed by atoms with Crippen LogP contribution in [0.5, 0.6) is 0 Å². The van der Waals surface area contributed by atoms with E-state index in [0.29, 0.717) is 0 Å². The summed E-state index contributed by atoms with van der Waals surface area (Å²) in [7, 11) is 0. The molecular weight excluding hydrogens is 374 g/mol. The number of nitrogens with zero attached hydrogens (tertiary/aromatic N) is 4. The van der Waals surface area contributed by atoms with Crippen molar-refractivity contribution in [3.63, 3.8) is 0 Å². The highest BCUT2D eigenvalue weighted by atomic mass is 15.2. The molecule has 0 saturated carbocycles. The van der Waals surface area contributed by atoms with E-state index in [0.717, 1.165) is 69.8 Å². The van der Waals surface area contributed by atoms with Crippen molar-refractivity contribution in [2.45, 2.75) is 13.3 Å². The van der Waals surface area contributed by atoms with E-state index < -0.39 is 0 Å². The maximum absolute atomic E-state index is 4.62. The van der Waals surface area contributed by atoms with Crippen molar-refractivity contribution in [2.24, 2.45) is 0 Å². The fourth-order valence-electron chi connectivity index (χ4n) is 4.21. The Labute approximate surface area is 172 Å². The molecule has 5 aromatic rings. The predicted octanol–water partition coefficient (Wildman–Crippen LogP) is 3.98.